The Bertz CT molecular complexity index is 408. The molecule has 0 aliphatic carbocycles. The number of halogens is 2. The first kappa shape index (κ1) is 12.9. The fourth-order valence-electron chi connectivity index (χ4n) is 1.16. The molecule has 0 amide bonds. The fourth-order valence-corrected chi connectivity index (χ4v) is 1.69. The van der Waals surface area contributed by atoms with E-state index in [1.807, 2.05) is 0 Å². The van der Waals surface area contributed by atoms with E-state index in [-0.39, 0.29) is 16.6 Å². The van der Waals surface area contributed by atoms with Crippen LogP contribution in [0.1, 0.15) is 18.6 Å². The Morgan fingerprint density at radius 1 is 1.62 bits per heavy atom. The number of hydrogen-bond donors (Lipinski definition) is 2. The minimum absolute atomic E-state index is 0.0869. The first-order valence-electron chi connectivity index (χ1n) is 4.50. The number of phenols is 1. The molecule has 0 aromatic heterocycles. The Labute approximate surface area is 99.8 Å². The lowest BCUT2D eigenvalue weighted by molar-refractivity contribution is -0.153. The molecule has 2 N–H and O–H groups in total. The number of benzene rings is 1. The molecule has 16 heavy (non-hydrogen) atoms. The summed E-state index contributed by atoms with van der Waals surface area (Å²) in [5.41, 5.74) is -0.238. The van der Waals surface area contributed by atoms with Crippen LogP contribution in [0.15, 0.2) is 16.6 Å². The second-order valence-electron chi connectivity index (χ2n) is 2.95. The monoisotopic (exact) mass is 292 g/mol. The number of hydrogen-bond acceptors (Lipinski definition) is 4. The summed E-state index contributed by atoms with van der Waals surface area (Å²) < 4.78 is 17.8. The molecular weight excluding hydrogens is 283 g/mol. The average molecular weight is 293 g/mol. The summed E-state index contributed by atoms with van der Waals surface area (Å²) in [5.74, 6) is -2.62. The van der Waals surface area contributed by atoms with Crippen LogP contribution in [0.3, 0.4) is 0 Å². The molecule has 0 radical (unpaired) electrons. The molecular formula is C10H10BrFO4. The number of phenolic OH excluding ortho intramolecular Hbond substituents is 1. The molecule has 1 aromatic rings. The first-order chi connectivity index (χ1) is 7.49. The van der Waals surface area contributed by atoms with Gasteiger partial charge in [0.15, 0.2) is 17.7 Å². The van der Waals surface area contributed by atoms with Crippen molar-refractivity contribution in [2.24, 2.45) is 0 Å². The predicted octanol–water partition coefficient (Wildman–Crippen LogP) is 1.89. The molecule has 6 heteroatoms. The van der Waals surface area contributed by atoms with E-state index in [4.69, 9.17) is 0 Å². The molecule has 88 valence electrons. The minimum atomic E-state index is -1.72. The Morgan fingerprint density at radius 2 is 2.25 bits per heavy atom. The van der Waals surface area contributed by atoms with Gasteiger partial charge in [-0.15, -0.1) is 0 Å². The van der Waals surface area contributed by atoms with E-state index >= 15 is 0 Å². The van der Waals surface area contributed by atoms with Crippen LogP contribution in [-0.2, 0) is 9.53 Å². The van der Waals surface area contributed by atoms with Gasteiger partial charge in [-0.3, -0.25) is 0 Å². The highest BCUT2D eigenvalue weighted by atomic mass is 79.9. The lowest BCUT2D eigenvalue weighted by Crippen LogP contribution is -2.16. The zero-order valence-electron chi connectivity index (χ0n) is 8.41. The number of carbonyl (C=O) groups excluding carboxylic acids is 1. The van der Waals surface area contributed by atoms with E-state index in [1.165, 1.54) is 6.07 Å². The Hall–Kier alpha value is -1.14. The number of ether oxygens (including phenoxy) is 1. The van der Waals surface area contributed by atoms with Crippen LogP contribution in [0.25, 0.3) is 0 Å². The Morgan fingerprint density at radius 3 is 2.81 bits per heavy atom. The van der Waals surface area contributed by atoms with Crippen LogP contribution >= 0.6 is 15.9 Å². The van der Waals surface area contributed by atoms with Crippen LogP contribution in [0, 0.1) is 5.82 Å². The Balaban J connectivity index is 3.12. The minimum Gasteiger partial charge on any atom is -0.505 e. The maximum Gasteiger partial charge on any atom is 0.339 e. The lowest BCUT2D eigenvalue weighted by Gasteiger charge is -2.13. The van der Waals surface area contributed by atoms with E-state index in [0.29, 0.717) is 0 Å². The third-order valence-corrected chi connectivity index (χ3v) is 2.59. The van der Waals surface area contributed by atoms with Crippen LogP contribution in [0.4, 0.5) is 4.39 Å². The van der Waals surface area contributed by atoms with Gasteiger partial charge >= 0.3 is 5.97 Å². The average Bonchev–Trinajstić information content (AvgIpc) is 2.24. The summed E-state index contributed by atoms with van der Waals surface area (Å²) in [5, 5.41) is 19.0. The van der Waals surface area contributed by atoms with E-state index in [9.17, 15) is 19.4 Å². The fraction of sp³-hybridized carbons (Fsp3) is 0.300. The van der Waals surface area contributed by atoms with Crippen molar-refractivity contribution in [1.82, 2.24) is 0 Å². The van der Waals surface area contributed by atoms with E-state index in [1.54, 1.807) is 6.92 Å². The topological polar surface area (TPSA) is 66.8 Å². The van der Waals surface area contributed by atoms with Gasteiger partial charge < -0.3 is 14.9 Å². The third kappa shape index (κ3) is 2.51. The maximum atomic E-state index is 13.0. The van der Waals surface area contributed by atoms with Gasteiger partial charge in [0.2, 0.25) is 0 Å². The molecule has 0 aliphatic rings. The molecule has 1 aromatic carbocycles. The molecule has 0 heterocycles. The van der Waals surface area contributed by atoms with Gasteiger partial charge in [0.1, 0.15) is 0 Å². The van der Waals surface area contributed by atoms with Gasteiger partial charge in [-0.2, -0.15) is 0 Å². The smallest absolute Gasteiger partial charge is 0.339 e. The van der Waals surface area contributed by atoms with Crippen molar-refractivity contribution in [3.05, 3.63) is 28.0 Å². The SMILES string of the molecule is CCOC(=O)C(O)c1c(Br)ccc(F)c1O. The molecule has 0 bridgehead atoms. The van der Waals surface area contributed by atoms with Crippen molar-refractivity contribution < 1.29 is 24.1 Å². The van der Waals surface area contributed by atoms with Crippen molar-refractivity contribution in [3.8, 4) is 5.75 Å². The van der Waals surface area contributed by atoms with E-state index < -0.39 is 23.6 Å². The van der Waals surface area contributed by atoms with Crippen molar-refractivity contribution in [1.29, 1.82) is 0 Å². The Kier molecular flexibility index (Phi) is 4.26. The molecule has 4 nitrogen and oxygen atoms in total. The van der Waals surface area contributed by atoms with Crippen LogP contribution in [0.2, 0.25) is 0 Å². The number of aliphatic hydroxyl groups is 1. The van der Waals surface area contributed by atoms with Crippen LogP contribution < -0.4 is 0 Å². The summed E-state index contributed by atoms with van der Waals surface area (Å²) in [6, 6.07) is 2.30. The van der Waals surface area contributed by atoms with E-state index in [0.717, 1.165) is 6.07 Å². The molecule has 1 unspecified atom stereocenters. The quantitative estimate of drug-likeness (QED) is 0.835. The van der Waals surface area contributed by atoms with Gasteiger partial charge in [0.05, 0.1) is 12.2 Å². The maximum absolute atomic E-state index is 13.0. The number of aromatic hydroxyl groups is 1. The van der Waals surface area contributed by atoms with Gasteiger partial charge in [-0.25, -0.2) is 9.18 Å². The highest BCUT2D eigenvalue weighted by molar-refractivity contribution is 9.10. The van der Waals surface area contributed by atoms with Gasteiger partial charge in [0, 0.05) is 4.47 Å². The lowest BCUT2D eigenvalue weighted by atomic mass is 10.1. The largest absolute Gasteiger partial charge is 0.505 e. The molecule has 0 saturated carbocycles. The standard InChI is InChI=1S/C10H10BrFO4/c1-2-16-10(15)9(14)7-5(11)3-4-6(12)8(7)13/h3-4,9,13-14H,2H2,1H3. The zero-order valence-corrected chi connectivity index (χ0v) is 9.99. The number of carbonyl (C=O) groups is 1. The molecule has 0 spiro atoms. The number of rotatable bonds is 3. The second kappa shape index (κ2) is 5.27. The molecule has 0 saturated heterocycles. The molecule has 1 atom stereocenters. The summed E-state index contributed by atoms with van der Waals surface area (Å²) in [7, 11) is 0. The van der Waals surface area contributed by atoms with Crippen LogP contribution in [0.5, 0.6) is 5.75 Å². The molecule has 1 rings (SSSR count). The first-order valence-corrected chi connectivity index (χ1v) is 5.29. The normalized spacial score (nSPS) is 12.2. The number of aliphatic hydroxyl groups excluding tert-OH is 1. The van der Waals surface area contributed by atoms with Crippen LogP contribution in [-0.4, -0.2) is 22.8 Å². The number of esters is 1. The summed E-state index contributed by atoms with van der Waals surface area (Å²) in [4.78, 5) is 11.2. The van der Waals surface area contributed by atoms with Gasteiger partial charge in [-0.05, 0) is 19.1 Å². The highest BCUT2D eigenvalue weighted by Crippen LogP contribution is 2.34. The van der Waals surface area contributed by atoms with Gasteiger partial charge in [0.25, 0.3) is 0 Å². The molecule has 0 aliphatic heterocycles. The van der Waals surface area contributed by atoms with Crippen molar-refractivity contribution in [2.75, 3.05) is 6.61 Å². The summed E-state index contributed by atoms with van der Waals surface area (Å²) in [6.07, 6.45) is -1.72. The second-order valence-corrected chi connectivity index (χ2v) is 3.80. The zero-order chi connectivity index (χ0) is 12.3. The van der Waals surface area contributed by atoms with Crippen molar-refractivity contribution in [3.63, 3.8) is 0 Å². The highest BCUT2D eigenvalue weighted by Gasteiger charge is 2.26. The summed E-state index contributed by atoms with van der Waals surface area (Å²) >= 11 is 3.01. The summed E-state index contributed by atoms with van der Waals surface area (Å²) in [6.45, 7) is 1.66. The van der Waals surface area contributed by atoms with Crippen molar-refractivity contribution >= 4 is 21.9 Å². The predicted molar refractivity (Wildman–Crippen MR) is 57.4 cm³/mol. The third-order valence-electron chi connectivity index (χ3n) is 1.90. The van der Waals surface area contributed by atoms with Gasteiger partial charge in [-0.1, -0.05) is 15.9 Å². The molecule has 0 fully saturated rings. The van der Waals surface area contributed by atoms with E-state index in [2.05, 4.69) is 20.7 Å². The van der Waals surface area contributed by atoms with Crippen molar-refractivity contribution in [2.45, 2.75) is 13.0 Å².